The third-order valence-corrected chi connectivity index (χ3v) is 7.14. The number of amides is 1. The van der Waals surface area contributed by atoms with Gasteiger partial charge in [0.1, 0.15) is 5.69 Å². The van der Waals surface area contributed by atoms with Crippen LogP contribution in [-0.4, -0.2) is 30.9 Å². The standard InChI is InChI=1S/C28H23N5O3S/c1-3-33-21-9-5-4-8-19(21)20-16-18(12-13-22(20)33)29-27(34)17(2)37-28-30-25(23-10-6-14-35-23)26(31-32-28)24-11-7-15-36-24/h4-17H,3H2,1-2H3,(H,29,34). The molecule has 0 saturated heterocycles. The molecule has 8 nitrogen and oxygen atoms in total. The number of carbonyl (C=O) groups excluding carboxylic acids is 1. The number of carbonyl (C=O) groups is 1. The number of aromatic nitrogens is 4. The number of hydrogen-bond acceptors (Lipinski definition) is 7. The predicted molar refractivity (Wildman–Crippen MR) is 144 cm³/mol. The summed E-state index contributed by atoms with van der Waals surface area (Å²) in [5, 5.41) is 13.8. The maximum absolute atomic E-state index is 13.1. The first-order chi connectivity index (χ1) is 18.1. The molecule has 0 spiro atoms. The lowest BCUT2D eigenvalue weighted by Gasteiger charge is -2.12. The fraction of sp³-hybridized carbons (Fsp3) is 0.143. The van der Waals surface area contributed by atoms with Crippen LogP contribution in [-0.2, 0) is 11.3 Å². The Kier molecular flexibility index (Phi) is 5.97. The molecule has 0 radical (unpaired) electrons. The van der Waals surface area contributed by atoms with Gasteiger partial charge in [0.25, 0.3) is 0 Å². The van der Waals surface area contributed by atoms with E-state index in [1.807, 2.05) is 31.2 Å². The van der Waals surface area contributed by atoms with Crippen molar-refractivity contribution in [2.45, 2.75) is 30.8 Å². The van der Waals surface area contributed by atoms with Crippen LogP contribution in [0.1, 0.15) is 13.8 Å². The van der Waals surface area contributed by atoms with E-state index in [1.54, 1.807) is 36.8 Å². The van der Waals surface area contributed by atoms with Crippen LogP contribution in [0.15, 0.2) is 93.2 Å². The number of rotatable bonds is 7. The average Bonchev–Trinajstić information content (AvgIpc) is 3.69. The lowest BCUT2D eigenvalue weighted by atomic mass is 10.1. The van der Waals surface area contributed by atoms with Crippen molar-refractivity contribution < 1.29 is 13.6 Å². The Morgan fingerprint density at radius 3 is 2.38 bits per heavy atom. The summed E-state index contributed by atoms with van der Waals surface area (Å²) in [6, 6.07) is 21.5. The van der Waals surface area contributed by atoms with Gasteiger partial charge in [0.05, 0.1) is 17.8 Å². The highest BCUT2D eigenvalue weighted by atomic mass is 32.2. The van der Waals surface area contributed by atoms with Gasteiger partial charge in [-0.15, -0.1) is 10.2 Å². The maximum atomic E-state index is 13.1. The van der Waals surface area contributed by atoms with E-state index in [0.29, 0.717) is 28.1 Å². The molecule has 0 fully saturated rings. The minimum absolute atomic E-state index is 0.151. The lowest BCUT2D eigenvalue weighted by molar-refractivity contribution is -0.115. The van der Waals surface area contributed by atoms with Gasteiger partial charge in [-0.25, -0.2) is 4.98 Å². The quantitative estimate of drug-likeness (QED) is 0.241. The van der Waals surface area contributed by atoms with Crippen molar-refractivity contribution in [3.8, 4) is 22.9 Å². The van der Waals surface area contributed by atoms with Crippen molar-refractivity contribution in [1.82, 2.24) is 19.7 Å². The molecule has 0 aliphatic rings. The van der Waals surface area contributed by atoms with Crippen LogP contribution in [0.5, 0.6) is 0 Å². The molecule has 1 atom stereocenters. The third-order valence-electron chi connectivity index (χ3n) is 6.18. The molecule has 6 rings (SSSR count). The Balaban J connectivity index is 1.24. The monoisotopic (exact) mass is 509 g/mol. The van der Waals surface area contributed by atoms with E-state index in [0.717, 1.165) is 23.1 Å². The number of nitrogens with zero attached hydrogens (tertiary/aromatic N) is 4. The SMILES string of the molecule is CCn1c2ccccc2c2cc(NC(=O)C(C)Sc3nnc(-c4ccco4)c(-c4ccco4)n3)ccc21. The van der Waals surface area contributed by atoms with Crippen LogP contribution in [0.3, 0.4) is 0 Å². The Hall–Kier alpha value is -4.37. The van der Waals surface area contributed by atoms with E-state index in [1.165, 1.54) is 22.7 Å². The van der Waals surface area contributed by atoms with Crippen molar-refractivity contribution in [2.24, 2.45) is 0 Å². The molecule has 0 aliphatic carbocycles. The molecule has 37 heavy (non-hydrogen) atoms. The molecule has 4 heterocycles. The first-order valence-electron chi connectivity index (χ1n) is 11.9. The number of nitrogens with one attached hydrogen (secondary N) is 1. The van der Waals surface area contributed by atoms with Crippen molar-refractivity contribution in [3.63, 3.8) is 0 Å². The van der Waals surface area contributed by atoms with Gasteiger partial charge >= 0.3 is 0 Å². The van der Waals surface area contributed by atoms with Crippen LogP contribution in [0.2, 0.25) is 0 Å². The zero-order valence-corrected chi connectivity index (χ0v) is 21.0. The third kappa shape index (κ3) is 4.27. The van der Waals surface area contributed by atoms with Crippen molar-refractivity contribution in [2.75, 3.05) is 5.32 Å². The highest BCUT2D eigenvalue weighted by molar-refractivity contribution is 8.00. The first-order valence-corrected chi connectivity index (χ1v) is 12.8. The van der Waals surface area contributed by atoms with E-state index < -0.39 is 5.25 Å². The molecule has 2 aromatic carbocycles. The molecule has 4 aromatic heterocycles. The number of benzene rings is 2. The first kappa shape index (κ1) is 23.1. The summed E-state index contributed by atoms with van der Waals surface area (Å²) in [7, 11) is 0. The molecule has 1 unspecified atom stereocenters. The summed E-state index contributed by atoms with van der Waals surface area (Å²) in [6.07, 6.45) is 3.14. The predicted octanol–water partition coefficient (Wildman–Crippen LogP) is 6.64. The second kappa shape index (κ2) is 9.59. The maximum Gasteiger partial charge on any atom is 0.237 e. The molecule has 0 saturated carbocycles. The van der Waals surface area contributed by atoms with Crippen LogP contribution < -0.4 is 5.32 Å². The normalized spacial score (nSPS) is 12.3. The number of para-hydroxylation sites is 1. The van der Waals surface area contributed by atoms with Gasteiger partial charge in [-0.05, 0) is 62.4 Å². The number of hydrogen-bond donors (Lipinski definition) is 1. The van der Waals surface area contributed by atoms with Gasteiger partial charge in [0.15, 0.2) is 17.2 Å². The highest BCUT2D eigenvalue weighted by Gasteiger charge is 2.22. The Labute approximate surface area is 216 Å². The minimum Gasteiger partial charge on any atom is -0.463 e. The van der Waals surface area contributed by atoms with E-state index in [-0.39, 0.29) is 5.91 Å². The molecule has 1 amide bonds. The molecule has 0 bridgehead atoms. The van der Waals surface area contributed by atoms with Gasteiger partial charge in [0, 0.05) is 34.0 Å². The Morgan fingerprint density at radius 1 is 0.919 bits per heavy atom. The molecule has 9 heteroatoms. The van der Waals surface area contributed by atoms with E-state index in [9.17, 15) is 4.79 Å². The van der Waals surface area contributed by atoms with E-state index in [2.05, 4.69) is 50.2 Å². The average molecular weight is 510 g/mol. The summed E-state index contributed by atoms with van der Waals surface area (Å²) < 4.78 is 13.3. The second-order valence-electron chi connectivity index (χ2n) is 8.49. The van der Waals surface area contributed by atoms with Crippen LogP contribution >= 0.6 is 11.8 Å². The van der Waals surface area contributed by atoms with Crippen LogP contribution in [0.25, 0.3) is 44.7 Å². The van der Waals surface area contributed by atoms with Crippen LogP contribution in [0.4, 0.5) is 5.69 Å². The van der Waals surface area contributed by atoms with Crippen molar-refractivity contribution in [3.05, 3.63) is 79.3 Å². The number of fused-ring (bicyclic) bond motifs is 3. The summed E-state index contributed by atoms with van der Waals surface area (Å²) in [6.45, 7) is 4.82. The summed E-state index contributed by atoms with van der Waals surface area (Å²) in [4.78, 5) is 17.7. The molecule has 6 aromatic rings. The largest absolute Gasteiger partial charge is 0.463 e. The number of furan rings is 2. The molecule has 0 aliphatic heterocycles. The summed E-state index contributed by atoms with van der Waals surface area (Å²) in [5.74, 6) is 0.926. The second-order valence-corrected chi connectivity index (χ2v) is 9.80. The molecular formula is C28H23N5O3S. The van der Waals surface area contributed by atoms with Crippen molar-refractivity contribution in [1.29, 1.82) is 0 Å². The Morgan fingerprint density at radius 2 is 1.65 bits per heavy atom. The topological polar surface area (TPSA) is 99.0 Å². The van der Waals surface area contributed by atoms with Crippen LogP contribution in [0, 0.1) is 0 Å². The fourth-order valence-electron chi connectivity index (χ4n) is 4.45. The molecular weight excluding hydrogens is 486 g/mol. The van der Waals surface area contributed by atoms with Gasteiger partial charge in [-0.1, -0.05) is 30.0 Å². The Bertz CT molecular complexity index is 1710. The van der Waals surface area contributed by atoms with E-state index >= 15 is 0 Å². The van der Waals surface area contributed by atoms with Crippen molar-refractivity contribution >= 4 is 45.2 Å². The van der Waals surface area contributed by atoms with E-state index in [4.69, 9.17) is 8.83 Å². The van der Waals surface area contributed by atoms with Gasteiger partial charge in [-0.3, -0.25) is 4.79 Å². The number of anilines is 1. The zero-order valence-electron chi connectivity index (χ0n) is 20.2. The number of thioether (sulfide) groups is 1. The molecule has 1 N–H and O–H groups in total. The summed E-state index contributed by atoms with van der Waals surface area (Å²) in [5.41, 5.74) is 4.05. The zero-order chi connectivity index (χ0) is 25.4. The minimum atomic E-state index is -0.464. The highest BCUT2D eigenvalue weighted by Crippen LogP contribution is 2.33. The number of aryl methyl sites for hydroxylation is 1. The van der Waals surface area contributed by atoms with Gasteiger partial charge in [0.2, 0.25) is 11.1 Å². The smallest absolute Gasteiger partial charge is 0.237 e. The van der Waals surface area contributed by atoms with Gasteiger partial charge in [-0.2, -0.15) is 0 Å². The summed E-state index contributed by atoms with van der Waals surface area (Å²) >= 11 is 1.23. The molecule has 184 valence electrons. The van der Waals surface area contributed by atoms with Gasteiger partial charge < -0.3 is 18.7 Å². The fourth-order valence-corrected chi connectivity index (χ4v) is 5.17. The lowest BCUT2D eigenvalue weighted by Crippen LogP contribution is -2.22.